The van der Waals surface area contributed by atoms with E-state index in [2.05, 4.69) is 37.4 Å². The van der Waals surface area contributed by atoms with Crippen LogP contribution in [-0.2, 0) is 12.8 Å². The average molecular weight is 229 g/mol. The quantitative estimate of drug-likeness (QED) is 0.831. The molecule has 0 amide bonds. The highest BCUT2D eigenvalue weighted by Crippen LogP contribution is 2.44. The minimum atomic E-state index is 0.498. The van der Waals surface area contributed by atoms with E-state index in [-0.39, 0.29) is 0 Å². The van der Waals surface area contributed by atoms with Crippen LogP contribution < -0.4 is 5.32 Å². The summed E-state index contributed by atoms with van der Waals surface area (Å²) < 4.78 is 0. The van der Waals surface area contributed by atoms with Gasteiger partial charge in [0.2, 0.25) is 0 Å². The van der Waals surface area contributed by atoms with Gasteiger partial charge >= 0.3 is 0 Å². The molecule has 1 N–H and O–H groups in total. The highest BCUT2D eigenvalue weighted by atomic mass is 14.9. The molecule has 0 aromatic heterocycles. The Kier molecular flexibility index (Phi) is 2.74. The summed E-state index contributed by atoms with van der Waals surface area (Å²) in [5, 5.41) is 3.69. The van der Waals surface area contributed by atoms with Crippen molar-refractivity contribution in [3.63, 3.8) is 0 Å². The molecule has 0 saturated heterocycles. The maximum atomic E-state index is 3.69. The molecule has 1 aromatic carbocycles. The van der Waals surface area contributed by atoms with Crippen molar-refractivity contribution < 1.29 is 0 Å². The third kappa shape index (κ3) is 2.40. The summed E-state index contributed by atoms with van der Waals surface area (Å²) in [4.78, 5) is 0. The molecule has 1 atom stereocenters. The maximum Gasteiger partial charge on any atom is 0.0292 e. The first kappa shape index (κ1) is 11.3. The molecule has 0 aliphatic heterocycles. The van der Waals surface area contributed by atoms with Gasteiger partial charge in [-0.15, -0.1) is 0 Å². The third-order valence-electron chi connectivity index (χ3n) is 4.56. The van der Waals surface area contributed by atoms with E-state index >= 15 is 0 Å². The lowest BCUT2D eigenvalue weighted by atomic mass is 10.0. The lowest BCUT2D eigenvalue weighted by molar-refractivity contribution is 0.457. The van der Waals surface area contributed by atoms with Crippen LogP contribution >= 0.6 is 0 Å². The van der Waals surface area contributed by atoms with Crippen LogP contribution in [0.3, 0.4) is 0 Å². The summed E-state index contributed by atoms with van der Waals surface area (Å²) in [7, 11) is 0. The zero-order chi connectivity index (χ0) is 11.9. The first-order chi connectivity index (χ1) is 8.16. The molecule has 1 saturated carbocycles. The molecule has 0 heterocycles. The highest BCUT2D eigenvalue weighted by Gasteiger charge is 2.36. The molecule has 1 heteroatoms. The van der Waals surface area contributed by atoms with Gasteiger partial charge in [-0.05, 0) is 61.1 Å². The van der Waals surface area contributed by atoms with Crippen molar-refractivity contribution in [3.05, 3.63) is 34.9 Å². The van der Waals surface area contributed by atoms with Crippen molar-refractivity contribution >= 4 is 0 Å². The Morgan fingerprint density at radius 3 is 2.76 bits per heavy atom. The number of benzene rings is 1. The SMILES string of the molecule is CC(NCC1(C)CC1)c1ccc2c(c1)CCC2. The molecule has 3 rings (SSSR count). The predicted molar refractivity (Wildman–Crippen MR) is 72.2 cm³/mol. The van der Waals surface area contributed by atoms with Crippen molar-refractivity contribution in [2.45, 2.75) is 52.0 Å². The van der Waals surface area contributed by atoms with E-state index in [0.717, 1.165) is 0 Å². The van der Waals surface area contributed by atoms with E-state index < -0.39 is 0 Å². The summed E-state index contributed by atoms with van der Waals surface area (Å²) in [6.07, 6.45) is 6.72. The van der Waals surface area contributed by atoms with Gasteiger partial charge in [-0.2, -0.15) is 0 Å². The standard InChI is InChI=1S/C16H23N/c1-12(17-11-16(2)8-9-16)14-7-6-13-4-3-5-15(13)10-14/h6-7,10,12,17H,3-5,8-9,11H2,1-2H3. The smallest absolute Gasteiger partial charge is 0.0292 e. The number of hydrogen-bond donors (Lipinski definition) is 1. The van der Waals surface area contributed by atoms with Gasteiger partial charge in [-0.25, -0.2) is 0 Å². The van der Waals surface area contributed by atoms with Gasteiger partial charge in [0.15, 0.2) is 0 Å². The van der Waals surface area contributed by atoms with Gasteiger partial charge < -0.3 is 5.32 Å². The second kappa shape index (κ2) is 4.13. The maximum absolute atomic E-state index is 3.69. The topological polar surface area (TPSA) is 12.0 Å². The van der Waals surface area contributed by atoms with Crippen molar-refractivity contribution in [3.8, 4) is 0 Å². The van der Waals surface area contributed by atoms with Gasteiger partial charge in [0.25, 0.3) is 0 Å². The lowest BCUT2D eigenvalue weighted by Gasteiger charge is -2.18. The molecule has 1 aromatic rings. The van der Waals surface area contributed by atoms with Gasteiger partial charge in [0.1, 0.15) is 0 Å². The lowest BCUT2D eigenvalue weighted by Crippen LogP contribution is -2.25. The van der Waals surface area contributed by atoms with Gasteiger partial charge in [0.05, 0.1) is 0 Å². The molecule has 2 aliphatic rings. The van der Waals surface area contributed by atoms with E-state index in [1.165, 1.54) is 44.2 Å². The normalized spacial score (nSPS) is 22.2. The Hall–Kier alpha value is -0.820. The first-order valence-electron chi connectivity index (χ1n) is 7.01. The number of fused-ring (bicyclic) bond motifs is 1. The monoisotopic (exact) mass is 229 g/mol. The largest absolute Gasteiger partial charge is 0.310 e. The average Bonchev–Trinajstić information content (AvgIpc) is 2.90. The molecule has 0 spiro atoms. The zero-order valence-electron chi connectivity index (χ0n) is 11.1. The first-order valence-corrected chi connectivity index (χ1v) is 7.01. The fraction of sp³-hybridized carbons (Fsp3) is 0.625. The van der Waals surface area contributed by atoms with Gasteiger partial charge in [0, 0.05) is 12.6 Å². The summed E-state index contributed by atoms with van der Waals surface area (Å²) in [5.41, 5.74) is 5.24. The predicted octanol–water partition coefficient (Wildman–Crippen LogP) is 3.63. The van der Waals surface area contributed by atoms with Crippen LogP contribution in [0.2, 0.25) is 0 Å². The van der Waals surface area contributed by atoms with E-state index in [0.29, 0.717) is 11.5 Å². The number of rotatable bonds is 4. The molecule has 0 radical (unpaired) electrons. The van der Waals surface area contributed by atoms with Crippen LogP contribution in [0.5, 0.6) is 0 Å². The molecular weight excluding hydrogens is 206 g/mol. The van der Waals surface area contributed by atoms with Crippen LogP contribution in [-0.4, -0.2) is 6.54 Å². The van der Waals surface area contributed by atoms with Crippen molar-refractivity contribution in [1.82, 2.24) is 5.32 Å². The molecule has 1 unspecified atom stereocenters. The Balaban J connectivity index is 1.66. The second-order valence-electron chi connectivity index (χ2n) is 6.29. The summed E-state index contributed by atoms with van der Waals surface area (Å²) in [6, 6.07) is 7.58. The zero-order valence-corrected chi connectivity index (χ0v) is 11.1. The van der Waals surface area contributed by atoms with Crippen LogP contribution in [0, 0.1) is 5.41 Å². The summed E-state index contributed by atoms with van der Waals surface area (Å²) in [6.45, 7) is 5.85. The molecular formula is C16H23N. The summed E-state index contributed by atoms with van der Waals surface area (Å²) in [5.74, 6) is 0. The fourth-order valence-corrected chi connectivity index (χ4v) is 2.77. The minimum absolute atomic E-state index is 0.498. The molecule has 2 aliphatic carbocycles. The third-order valence-corrected chi connectivity index (χ3v) is 4.56. The van der Waals surface area contributed by atoms with Gasteiger partial charge in [-0.3, -0.25) is 0 Å². The van der Waals surface area contributed by atoms with E-state index in [1.54, 1.807) is 11.1 Å². The number of aryl methyl sites for hydroxylation is 2. The number of hydrogen-bond acceptors (Lipinski definition) is 1. The Morgan fingerprint density at radius 2 is 2.00 bits per heavy atom. The second-order valence-corrected chi connectivity index (χ2v) is 6.29. The van der Waals surface area contributed by atoms with Crippen LogP contribution in [0.4, 0.5) is 0 Å². The van der Waals surface area contributed by atoms with E-state index in [1.807, 2.05) is 0 Å². The van der Waals surface area contributed by atoms with Crippen molar-refractivity contribution in [2.75, 3.05) is 6.54 Å². The van der Waals surface area contributed by atoms with Crippen LogP contribution in [0.25, 0.3) is 0 Å². The van der Waals surface area contributed by atoms with Crippen LogP contribution in [0.1, 0.15) is 55.8 Å². The summed E-state index contributed by atoms with van der Waals surface area (Å²) >= 11 is 0. The van der Waals surface area contributed by atoms with Gasteiger partial charge in [-0.1, -0.05) is 25.1 Å². The molecule has 0 bridgehead atoms. The fourth-order valence-electron chi connectivity index (χ4n) is 2.77. The molecule has 1 nitrogen and oxygen atoms in total. The number of nitrogens with one attached hydrogen (secondary N) is 1. The Bertz CT molecular complexity index is 418. The Morgan fingerprint density at radius 1 is 1.24 bits per heavy atom. The molecule has 17 heavy (non-hydrogen) atoms. The van der Waals surface area contributed by atoms with E-state index in [9.17, 15) is 0 Å². The highest BCUT2D eigenvalue weighted by molar-refractivity contribution is 5.36. The molecule has 1 fully saturated rings. The van der Waals surface area contributed by atoms with Crippen molar-refractivity contribution in [1.29, 1.82) is 0 Å². The van der Waals surface area contributed by atoms with E-state index in [4.69, 9.17) is 0 Å². The molecule has 92 valence electrons. The Labute approximate surface area is 105 Å². The van der Waals surface area contributed by atoms with Crippen molar-refractivity contribution in [2.24, 2.45) is 5.41 Å². The van der Waals surface area contributed by atoms with Crippen LogP contribution in [0.15, 0.2) is 18.2 Å². The minimum Gasteiger partial charge on any atom is -0.310 e.